The molecular formula is C24H27F3N8. The number of halogens is 3. The van der Waals surface area contributed by atoms with E-state index in [1.807, 2.05) is 18.2 Å². The summed E-state index contributed by atoms with van der Waals surface area (Å²) in [7, 11) is 0. The van der Waals surface area contributed by atoms with Gasteiger partial charge < -0.3 is 11.1 Å². The molecule has 0 radical (unpaired) electrons. The summed E-state index contributed by atoms with van der Waals surface area (Å²) in [6.07, 6.45) is 1.81. The lowest BCUT2D eigenvalue weighted by atomic mass is 9.77. The molecule has 0 saturated heterocycles. The SMILES string of the molecule is NN/N=C(\N)CC1CCC(c2ccc(-c3ccc(Nc4ccc(C(F)(F)F)nc4)nn3)cc2)CC1. The van der Waals surface area contributed by atoms with Crippen LogP contribution in [0.4, 0.5) is 24.7 Å². The van der Waals surface area contributed by atoms with Crippen molar-refractivity contribution in [2.24, 2.45) is 22.6 Å². The van der Waals surface area contributed by atoms with E-state index in [0.29, 0.717) is 34.9 Å². The maximum Gasteiger partial charge on any atom is 0.433 e. The molecule has 2 heterocycles. The predicted molar refractivity (Wildman–Crippen MR) is 128 cm³/mol. The van der Waals surface area contributed by atoms with Crippen LogP contribution >= 0.6 is 0 Å². The smallest absolute Gasteiger partial charge is 0.386 e. The molecule has 1 aromatic carbocycles. The van der Waals surface area contributed by atoms with Gasteiger partial charge in [-0.3, -0.25) is 0 Å². The zero-order chi connectivity index (χ0) is 24.8. The summed E-state index contributed by atoms with van der Waals surface area (Å²) in [5.41, 5.74) is 10.5. The van der Waals surface area contributed by atoms with Crippen LogP contribution in [-0.4, -0.2) is 21.0 Å². The van der Waals surface area contributed by atoms with Crippen molar-refractivity contribution in [1.29, 1.82) is 0 Å². The number of hydrogen-bond acceptors (Lipinski definition) is 7. The van der Waals surface area contributed by atoms with E-state index in [-0.39, 0.29) is 0 Å². The number of nitrogens with two attached hydrogens (primary N) is 2. The molecule has 3 aromatic rings. The summed E-state index contributed by atoms with van der Waals surface area (Å²) in [6, 6.07) is 14.1. The van der Waals surface area contributed by atoms with Gasteiger partial charge in [0.15, 0.2) is 5.82 Å². The fourth-order valence-corrected chi connectivity index (χ4v) is 4.39. The molecular weight excluding hydrogens is 457 g/mol. The fraction of sp³-hybridized carbons (Fsp3) is 0.333. The first-order valence-electron chi connectivity index (χ1n) is 11.3. The van der Waals surface area contributed by atoms with Gasteiger partial charge in [-0.15, -0.1) is 10.2 Å². The number of nitrogens with one attached hydrogen (secondary N) is 2. The summed E-state index contributed by atoms with van der Waals surface area (Å²) in [5, 5.41) is 15.1. The van der Waals surface area contributed by atoms with Crippen molar-refractivity contribution in [3.05, 3.63) is 66.0 Å². The zero-order valence-electron chi connectivity index (χ0n) is 19.0. The van der Waals surface area contributed by atoms with Gasteiger partial charge in [0.1, 0.15) is 11.5 Å². The number of rotatable bonds is 7. The molecule has 0 spiro atoms. The largest absolute Gasteiger partial charge is 0.433 e. The van der Waals surface area contributed by atoms with Crippen LogP contribution < -0.4 is 22.4 Å². The molecule has 0 aliphatic heterocycles. The van der Waals surface area contributed by atoms with E-state index in [1.54, 1.807) is 6.07 Å². The van der Waals surface area contributed by atoms with Crippen LogP contribution in [-0.2, 0) is 6.18 Å². The Hall–Kier alpha value is -3.73. The van der Waals surface area contributed by atoms with Crippen LogP contribution in [0.15, 0.2) is 59.8 Å². The van der Waals surface area contributed by atoms with Gasteiger partial charge in [-0.1, -0.05) is 24.3 Å². The Morgan fingerprint density at radius 2 is 1.71 bits per heavy atom. The van der Waals surface area contributed by atoms with Gasteiger partial charge >= 0.3 is 6.18 Å². The fourth-order valence-electron chi connectivity index (χ4n) is 4.39. The molecule has 4 rings (SSSR count). The van der Waals surface area contributed by atoms with E-state index in [4.69, 9.17) is 11.6 Å². The number of anilines is 2. The minimum Gasteiger partial charge on any atom is -0.386 e. The highest BCUT2D eigenvalue weighted by atomic mass is 19.4. The second-order valence-electron chi connectivity index (χ2n) is 8.63. The van der Waals surface area contributed by atoms with Gasteiger partial charge in [0.2, 0.25) is 0 Å². The third-order valence-corrected chi connectivity index (χ3v) is 6.22. The third-order valence-electron chi connectivity index (χ3n) is 6.22. The summed E-state index contributed by atoms with van der Waals surface area (Å²) in [6.45, 7) is 0. The number of hydrazine groups is 1. The second kappa shape index (κ2) is 10.7. The van der Waals surface area contributed by atoms with Crippen molar-refractivity contribution in [2.75, 3.05) is 5.32 Å². The maximum absolute atomic E-state index is 12.6. The molecule has 2 aromatic heterocycles. The molecule has 184 valence electrons. The molecule has 1 aliphatic carbocycles. The molecule has 0 unspecified atom stereocenters. The number of benzene rings is 1. The summed E-state index contributed by atoms with van der Waals surface area (Å²) < 4.78 is 37.9. The van der Waals surface area contributed by atoms with Crippen LogP contribution in [0.1, 0.15) is 49.3 Å². The normalized spacial score (nSPS) is 18.8. The predicted octanol–water partition coefficient (Wildman–Crippen LogP) is 4.70. The van der Waals surface area contributed by atoms with Crippen LogP contribution in [0.5, 0.6) is 0 Å². The minimum atomic E-state index is -4.47. The molecule has 0 bridgehead atoms. The molecule has 1 saturated carbocycles. The zero-order valence-corrected chi connectivity index (χ0v) is 19.0. The molecule has 0 amide bonds. The Labute approximate surface area is 201 Å². The van der Waals surface area contributed by atoms with Crippen LogP contribution in [0, 0.1) is 5.92 Å². The molecule has 1 fully saturated rings. The topological polar surface area (TPSA) is 127 Å². The summed E-state index contributed by atoms with van der Waals surface area (Å²) >= 11 is 0. The lowest BCUT2D eigenvalue weighted by Gasteiger charge is -2.28. The van der Waals surface area contributed by atoms with Gasteiger partial charge in [-0.25, -0.2) is 16.4 Å². The van der Waals surface area contributed by atoms with Gasteiger partial charge in [0.25, 0.3) is 0 Å². The van der Waals surface area contributed by atoms with E-state index in [2.05, 4.69) is 43.3 Å². The maximum atomic E-state index is 12.6. The second-order valence-corrected chi connectivity index (χ2v) is 8.63. The molecule has 8 nitrogen and oxygen atoms in total. The van der Waals surface area contributed by atoms with Crippen molar-refractivity contribution in [2.45, 2.75) is 44.2 Å². The standard InChI is InChI=1S/C24H27F3N8/c25-24(26,27)21-11-9-19(14-30-21)31-23-12-10-20(32-34-23)18-7-5-17(6-8-18)16-3-1-15(2-4-16)13-22(28)33-35-29/h5-12,14-16,35H,1-4,13,29H2,(H2,28,33)(H,31,34). The van der Waals surface area contributed by atoms with E-state index >= 15 is 0 Å². The quantitative estimate of drug-likeness (QED) is 0.166. The van der Waals surface area contributed by atoms with E-state index in [0.717, 1.165) is 49.9 Å². The highest BCUT2D eigenvalue weighted by molar-refractivity contribution is 5.80. The first-order valence-corrected chi connectivity index (χ1v) is 11.3. The van der Waals surface area contributed by atoms with Crippen LogP contribution in [0.25, 0.3) is 11.3 Å². The summed E-state index contributed by atoms with van der Waals surface area (Å²) in [5.74, 6) is 7.18. The van der Waals surface area contributed by atoms with Crippen molar-refractivity contribution in [3.63, 3.8) is 0 Å². The lowest BCUT2D eigenvalue weighted by Crippen LogP contribution is -2.25. The van der Waals surface area contributed by atoms with E-state index in [1.165, 1.54) is 11.6 Å². The van der Waals surface area contributed by atoms with Gasteiger partial charge in [-0.05, 0) is 67.3 Å². The Balaban J connectivity index is 1.33. The Kier molecular flexibility index (Phi) is 7.45. The Bertz CT molecular complexity index is 1120. The molecule has 0 atom stereocenters. The van der Waals surface area contributed by atoms with Crippen molar-refractivity contribution >= 4 is 17.3 Å². The van der Waals surface area contributed by atoms with Crippen molar-refractivity contribution in [3.8, 4) is 11.3 Å². The number of pyridine rings is 1. The number of amidine groups is 1. The number of hydrogen-bond donors (Lipinski definition) is 4. The van der Waals surface area contributed by atoms with Crippen molar-refractivity contribution < 1.29 is 13.2 Å². The van der Waals surface area contributed by atoms with Crippen molar-refractivity contribution in [1.82, 2.24) is 20.7 Å². The minimum absolute atomic E-state index is 0.394. The molecule has 6 N–H and O–H groups in total. The Morgan fingerprint density at radius 3 is 2.29 bits per heavy atom. The van der Waals surface area contributed by atoms with Crippen LogP contribution in [0.2, 0.25) is 0 Å². The van der Waals surface area contributed by atoms with E-state index in [9.17, 15) is 13.2 Å². The van der Waals surface area contributed by atoms with E-state index < -0.39 is 11.9 Å². The first kappa shape index (κ1) is 24.4. The molecule has 35 heavy (non-hydrogen) atoms. The average Bonchev–Trinajstić information content (AvgIpc) is 2.85. The highest BCUT2D eigenvalue weighted by Gasteiger charge is 2.32. The Morgan fingerprint density at radius 1 is 0.971 bits per heavy atom. The summed E-state index contributed by atoms with van der Waals surface area (Å²) in [4.78, 5) is 3.43. The average molecular weight is 485 g/mol. The lowest BCUT2D eigenvalue weighted by molar-refractivity contribution is -0.141. The number of hydrazone groups is 1. The van der Waals surface area contributed by atoms with Gasteiger partial charge in [0, 0.05) is 12.0 Å². The van der Waals surface area contributed by atoms with Crippen LogP contribution in [0.3, 0.4) is 0 Å². The van der Waals surface area contributed by atoms with Gasteiger partial charge in [-0.2, -0.15) is 18.3 Å². The third kappa shape index (κ3) is 6.44. The molecule has 11 heteroatoms. The number of alkyl halides is 3. The number of aromatic nitrogens is 3. The molecule has 1 aliphatic rings. The van der Waals surface area contributed by atoms with Gasteiger partial charge in [0.05, 0.1) is 17.6 Å². The monoisotopic (exact) mass is 484 g/mol. The number of nitrogens with zero attached hydrogens (tertiary/aromatic N) is 4. The first-order chi connectivity index (χ1) is 16.8. The highest BCUT2D eigenvalue weighted by Crippen LogP contribution is 2.37.